The molecule has 5 nitrogen and oxygen atoms in total. The summed E-state index contributed by atoms with van der Waals surface area (Å²) in [6.45, 7) is 5.59. The molecule has 0 aliphatic rings. The van der Waals surface area contributed by atoms with Gasteiger partial charge in [0.1, 0.15) is 6.04 Å². The van der Waals surface area contributed by atoms with Gasteiger partial charge in [0.2, 0.25) is 0 Å². The van der Waals surface area contributed by atoms with Crippen molar-refractivity contribution in [1.82, 2.24) is 10.3 Å². The Bertz CT molecular complexity index is 379. The summed E-state index contributed by atoms with van der Waals surface area (Å²) in [7, 11) is 0. The lowest BCUT2D eigenvalue weighted by molar-refractivity contribution is -0.138. The number of aromatic nitrogens is 1. The molecule has 0 aliphatic heterocycles. The molecule has 18 heavy (non-hydrogen) atoms. The van der Waals surface area contributed by atoms with Gasteiger partial charge in [-0.2, -0.15) is 0 Å². The largest absolute Gasteiger partial charge is 0.480 e. The minimum Gasteiger partial charge on any atom is -0.480 e. The molecule has 0 amide bonds. The van der Waals surface area contributed by atoms with Gasteiger partial charge < -0.3 is 16.2 Å². The quantitative estimate of drug-likeness (QED) is 0.622. The minimum atomic E-state index is -0.955. The summed E-state index contributed by atoms with van der Waals surface area (Å²) in [5.74, 6) is -0.955. The van der Waals surface area contributed by atoms with E-state index in [4.69, 9.17) is 10.8 Å². The maximum Gasteiger partial charge on any atom is 0.320 e. The fourth-order valence-corrected chi connectivity index (χ4v) is 1.65. The van der Waals surface area contributed by atoms with Crippen LogP contribution < -0.4 is 11.1 Å². The number of carbonyl (C=O) groups is 1. The Labute approximate surface area is 107 Å². The lowest BCUT2D eigenvalue weighted by Gasteiger charge is -2.25. The van der Waals surface area contributed by atoms with E-state index < -0.39 is 12.0 Å². The van der Waals surface area contributed by atoms with E-state index in [1.54, 1.807) is 6.20 Å². The van der Waals surface area contributed by atoms with Crippen molar-refractivity contribution in [1.29, 1.82) is 0 Å². The molecule has 100 valence electrons. The van der Waals surface area contributed by atoms with Gasteiger partial charge in [-0.1, -0.05) is 19.9 Å². The molecule has 1 aromatic heterocycles. The van der Waals surface area contributed by atoms with Gasteiger partial charge in [-0.25, -0.2) is 0 Å². The zero-order valence-electron chi connectivity index (χ0n) is 10.9. The van der Waals surface area contributed by atoms with Crippen molar-refractivity contribution in [3.05, 3.63) is 30.1 Å². The molecule has 0 saturated heterocycles. The summed E-state index contributed by atoms with van der Waals surface area (Å²) in [6, 6.07) is 3.16. The Kier molecular flexibility index (Phi) is 5.25. The summed E-state index contributed by atoms with van der Waals surface area (Å²) >= 11 is 0. The molecular weight excluding hydrogens is 230 g/mol. The molecule has 1 unspecified atom stereocenters. The zero-order chi connectivity index (χ0) is 13.6. The van der Waals surface area contributed by atoms with Crippen LogP contribution in [-0.2, 0) is 10.2 Å². The monoisotopic (exact) mass is 251 g/mol. The molecule has 0 aliphatic carbocycles. The average molecular weight is 251 g/mol. The van der Waals surface area contributed by atoms with Crippen LogP contribution in [0.3, 0.4) is 0 Å². The smallest absolute Gasteiger partial charge is 0.320 e. The first kappa shape index (κ1) is 14.6. The lowest BCUT2D eigenvalue weighted by atomic mass is 9.85. The molecule has 1 aromatic rings. The van der Waals surface area contributed by atoms with Crippen LogP contribution in [0.1, 0.15) is 25.8 Å². The number of rotatable bonds is 7. The molecule has 0 aromatic carbocycles. The van der Waals surface area contributed by atoms with Crippen LogP contribution >= 0.6 is 0 Å². The van der Waals surface area contributed by atoms with Crippen LogP contribution in [-0.4, -0.2) is 35.2 Å². The first-order valence-electron chi connectivity index (χ1n) is 6.03. The number of pyridine rings is 1. The van der Waals surface area contributed by atoms with E-state index >= 15 is 0 Å². The van der Waals surface area contributed by atoms with Gasteiger partial charge in [0, 0.05) is 24.4 Å². The highest BCUT2D eigenvalue weighted by molar-refractivity contribution is 5.72. The number of nitrogens with one attached hydrogen (secondary N) is 1. The third kappa shape index (κ3) is 4.43. The topological polar surface area (TPSA) is 88.2 Å². The van der Waals surface area contributed by atoms with Gasteiger partial charge in [-0.3, -0.25) is 9.78 Å². The molecule has 1 heterocycles. The Morgan fingerprint density at radius 1 is 1.61 bits per heavy atom. The number of nitrogens with zero attached hydrogens (tertiary/aromatic N) is 1. The minimum absolute atomic E-state index is 0.0401. The van der Waals surface area contributed by atoms with Crippen LogP contribution in [0.15, 0.2) is 24.5 Å². The fraction of sp³-hybridized carbons (Fsp3) is 0.538. The fourth-order valence-electron chi connectivity index (χ4n) is 1.65. The van der Waals surface area contributed by atoms with Gasteiger partial charge in [-0.15, -0.1) is 0 Å². The van der Waals surface area contributed by atoms with E-state index in [1.165, 1.54) is 0 Å². The van der Waals surface area contributed by atoms with Crippen LogP contribution in [0.5, 0.6) is 0 Å². The molecule has 0 fully saturated rings. The molecule has 4 N–H and O–H groups in total. The van der Waals surface area contributed by atoms with Crippen LogP contribution in [0, 0.1) is 0 Å². The highest BCUT2D eigenvalue weighted by Gasteiger charge is 2.20. The average Bonchev–Trinajstić information content (AvgIpc) is 2.35. The SMILES string of the molecule is CC(C)(CNCCC(N)C(=O)O)c1cccnc1. The van der Waals surface area contributed by atoms with Crippen molar-refractivity contribution in [2.24, 2.45) is 5.73 Å². The first-order valence-corrected chi connectivity index (χ1v) is 6.03. The predicted molar refractivity (Wildman–Crippen MR) is 70.4 cm³/mol. The number of carboxylic acids is 1. The molecule has 1 atom stereocenters. The normalized spacial score (nSPS) is 13.3. The van der Waals surface area contributed by atoms with Crippen molar-refractivity contribution in [2.45, 2.75) is 31.7 Å². The van der Waals surface area contributed by atoms with Gasteiger partial charge in [0.25, 0.3) is 0 Å². The number of carboxylic acid groups (broad SMARTS) is 1. The van der Waals surface area contributed by atoms with Crippen LogP contribution in [0.25, 0.3) is 0 Å². The van der Waals surface area contributed by atoms with E-state index in [1.807, 2.05) is 18.3 Å². The van der Waals surface area contributed by atoms with E-state index in [0.29, 0.717) is 13.0 Å². The number of hydrogen-bond acceptors (Lipinski definition) is 4. The molecule has 0 radical (unpaired) electrons. The molecular formula is C13H21N3O2. The summed E-state index contributed by atoms with van der Waals surface area (Å²) in [6.07, 6.45) is 4.03. The Balaban J connectivity index is 2.37. The van der Waals surface area contributed by atoms with E-state index in [-0.39, 0.29) is 5.41 Å². The van der Waals surface area contributed by atoms with Crippen LogP contribution in [0.2, 0.25) is 0 Å². The third-order valence-corrected chi connectivity index (χ3v) is 2.96. The third-order valence-electron chi connectivity index (χ3n) is 2.96. The predicted octanol–water partition coefficient (Wildman–Crippen LogP) is 0.751. The van der Waals surface area contributed by atoms with Crippen molar-refractivity contribution >= 4 is 5.97 Å². The van der Waals surface area contributed by atoms with Gasteiger partial charge in [0.15, 0.2) is 0 Å². The van der Waals surface area contributed by atoms with Crippen molar-refractivity contribution in [3.63, 3.8) is 0 Å². The summed E-state index contributed by atoms with van der Waals surface area (Å²) in [5, 5.41) is 11.9. The first-order chi connectivity index (χ1) is 8.43. The summed E-state index contributed by atoms with van der Waals surface area (Å²) in [5.41, 5.74) is 6.54. The second-order valence-corrected chi connectivity index (χ2v) is 5.04. The Hall–Kier alpha value is -1.46. The van der Waals surface area contributed by atoms with Crippen molar-refractivity contribution < 1.29 is 9.90 Å². The maximum absolute atomic E-state index is 10.6. The van der Waals surface area contributed by atoms with E-state index in [9.17, 15) is 4.79 Å². The summed E-state index contributed by atoms with van der Waals surface area (Å²) in [4.78, 5) is 14.7. The Morgan fingerprint density at radius 3 is 2.89 bits per heavy atom. The van der Waals surface area contributed by atoms with Gasteiger partial charge >= 0.3 is 5.97 Å². The Morgan fingerprint density at radius 2 is 2.33 bits per heavy atom. The second kappa shape index (κ2) is 6.47. The van der Waals surface area contributed by atoms with Gasteiger partial charge in [-0.05, 0) is 24.6 Å². The molecule has 0 saturated carbocycles. The van der Waals surface area contributed by atoms with E-state index in [0.717, 1.165) is 12.1 Å². The molecule has 1 rings (SSSR count). The summed E-state index contributed by atoms with van der Waals surface area (Å²) < 4.78 is 0. The highest BCUT2D eigenvalue weighted by Crippen LogP contribution is 2.20. The van der Waals surface area contributed by atoms with Crippen molar-refractivity contribution in [2.75, 3.05) is 13.1 Å². The van der Waals surface area contributed by atoms with Crippen molar-refractivity contribution in [3.8, 4) is 0 Å². The lowest BCUT2D eigenvalue weighted by Crippen LogP contribution is -2.37. The zero-order valence-corrected chi connectivity index (χ0v) is 10.9. The van der Waals surface area contributed by atoms with Gasteiger partial charge in [0.05, 0.1) is 0 Å². The molecule has 0 spiro atoms. The molecule has 0 bridgehead atoms. The van der Waals surface area contributed by atoms with E-state index in [2.05, 4.69) is 24.1 Å². The second-order valence-electron chi connectivity index (χ2n) is 5.04. The molecule has 5 heteroatoms. The standard InChI is InChI=1S/C13H21N3O2/c1-13(2,10-4-3-6-15-8-10)9-16-7-5-11(14)12(17)18/h3-4,6,8,11,16H,5,7,9,14H2,1-2H3,(H,17,18). The number of aliphatic carboxylic acids is 1. The highest BCUT2D eigenvalue weighted by atomic mass is 16.4. The maximum atomic E-state index is 10.6. The van der Waals surface area contributed by atoms with Crippen LogP contribution in [0.4, 0.5) is 0 Å². The number of nitrogens with two attached hydrogens (primary N) is 1. The number of hydrogen-bond donors (Lipinski definition) is 3.